The summed E-state index contributed by atoms with van der Waals surface area (Å²) in [5.74, 6) is 2.45. The van der Waals surface area contributed by atoms with Crippen molar-refractivity contribution < 1.29 is 14.2 Å². The van der Waals surface area contributed by atoms with Gasteiger partial charge >= 0.3 is 0 Å². The maximum absolute atomic E-state index is 5.56. The number of halogens is 1. The van der Waals surface area contributed by atoms with Crippen molar-refractivity contribution in [1.29, 1.82) is 0 Å². The summed E-state index contributed by atoms with van der Waals surface area (Å²) in [4.78, 5) is 10.2. The molecule has 0 amide bonds. The topological polar surface area (TPSA) is 83.1 Å². The predicted molar refractivity (Wildman–Crippen MR) is 141 cm³/mol. The fourth-order valence-corrected chi connectivity index (χ4v) is 4.15. The van der Waals surface area contributed by atoms with Crippen LogP contribution in [-0.2, 0) is 11.2 Å². The number of nitrogens with zero attached hydrogens (tertiary/aromatic N) is 2. The Morgan fingerprint density at radius 3 is 2.53 bits per heavy atom. The molecule has 0 radical (unpaired) electrons. The van der Waals surface area contributed by atoms with Gasteiger partial charge in [0.25, 0.3) is 0 Å². The number of likely N-dealkylation sites (N-methyl/N-ethyl adjacent to an activating group) is 1. The fraction of sp³-hybridized carbons (Fsp3) is 0.609. The number of fused-ring (bicyclic) bond motifs is 1. The van der Waals surface area contributed by atoms with Crippen LogP contribution in [0.1, 0.15) is 25.0 Å². The lowest BCUT2D eigenvalue weighted by Gasteiger charge is -2.43. The minimum atomic E-state index is 0. The van der Waals surface area contributed by atoms with Crippen molar-refractivity contribution in [3.05, 3.63) is 23.9 Å². The quantitative estimate of drug-likeness (QED) is 0.190. The van der Waals surface area contributed by atoms with E-state index in [9.17, 15) is 0 Å². The smallest absolute Gasteiger partial charge is 0.191 e. The van der Waals surface area contributed by atoms with Gasteiger partial charge in [-0.1, -0.05) is 0 Å². The zero-order valence-corrected chi connectivity index (χ0v) is 22.2. The van der Waals surface area contributed by atoms with Crippen LogP contribution in [0.15, 0.2) is 23.2 Å². The van der Waals surface area contributed by atoms with E-state index < -0.39 is 0 Å². The number of H-pyrrole nitrogens is 1. The third-order valence-electron chi connectivity index (χ3n) is 6.28. The summed E-state index contributed by atoms with van der Waals surface area (Å²) in [6.45, 7) is 3.32. The highest BCUT2D eigenvalue weighted by atomic mass is 127. The van der Waals surface area contributed by atoms with Crippen LogP contribution in [-0.4, -0.2) is 83.0 Å². The molecule has 0 atom stereocenters. The van der Waals surface area contributed by atoms with Crippen molar-refractivity contribution in [3.63, 3.8) is 0 Å². The molecule has 1 aromatic carbocycles. The van der Waals surface area contributed by atoms with E-state index in [-0.39, 0.29) is 29.5 Å². The van der Waals surface area contributed by atoms with Crippen LogP contribution in [0, 0.1) is 0 Å². The molecule has 0 spiro atoms. The van der Waals surface area contributed by atoms with Gasteiger partial charge < -0.3 is 34.7 Å². The second-order valence-corrected chi connectivity index (χ2v) is 8.27. The molecule has 1 aliphatic heterocycles. The first-order valence-corrected chi connectivity index (χ1v) is 10.9. The number of ether oxygens (including phenoxy) is 3. The SMILES string of the molecule is CN=C(NCCCc1cc2c(OC)cc(OC)cc2[nH]1)NCC1(N(C)C)CCOCC1.I. The van der Waals surface area contributed by atoms with Crippen LogP contribution < -0.4 is 20.1 Å². The molecule has 32 heavy (non-hydrogen) atoms. The second kappa shape index (κ2) is 12.5. The van der Waals surface area contributed by atoms with Crippen LogP contribution in [0.5, 0.6) is 11.5 Å². The fourth-order valence-electron chi connectivity index (χ4n) is 4.15. The number of aromatic amines is 1. The van der Waals surface area contributed by atoms with Gasteiger partial charge in [0.1, 0.15) is 11.5 Å². The summed E-state index contributed by atoms with van der Waals surface area (Å²) in [7, 11) is 9.46. The molecule has 180 valence electrons. The van der Waals surface area contributed by atoms with Crippen LogP contribution >= 0.6 is 24.0 Å². The van der Waals surface area contributed by atoms with E-state index in [1.807, 2.05) is 19.2 Å². The molecule has 0 bridgehead atoms. The summed E-state index contributed by atoms with van der Waals surface area (Å²) in [5, 5.41) is 8.03. The zero-order chi connectivity index (χ0) is 22.3. The van der Waals surface area contributed by atoms with Gasteiger partial charge in [0.05, 0.1) is 19.7 Å². The molecular weight excluding hydrogens is 521 g/mol. The third-order valence-corrected chi connectivity index (χ3v) is 6.28. The molecule has 0 unspecified atom stereocenters. The summed E-state index contributed by atoms with van der Waals surface area (Å²) >= 11 is 0. The Labute approximate surface area is 208 Å². The number of hydrogen-bond acceptors (Lipinski definition) is 5. The number of aryl methyl sites for hydroxylation is 1. The molecule has 8 nitrogen and oxygen atoms in total. The molecule has 3 rings (SSSR count). The van der Waals surface area contributed by atoms with E-state index >= 15 is 0 Å². The maximum atomic E-state index is 5.56. The standard InChI is InChI=1S/C23H37N5O3.HI/c1-24-22(26-16-23(28(2)3)8-11-31-12-9-23)25-10-6-7-17-13-19-20(27-17)14-18(29-4)15-21(19)30-5;/h13-15,27H,6-12,16H2,1-5H3,(H2,24,25,26);1H. The molecule has 0 saturated carbocycles. The van der Waals surface area contributed by atoms with Gasteiger partial charge in [-0.25, -0.2) is 0 Å². The Morgan fingerprint density at radius 1 is 1.16 bits per heavy atom. The number of aliphatic imine (C=N–C) groups is 1. The van der Waals surface area contributed by atoms with Crippen molar-refractivity contribution in [2.75, 3.05) is 61.7 Å². The molecule has 1 fully saturated rings. The number of nitrogens with one attached hydrogen (secondary N) is 3. The van der Waals surface area contributed by atoms with Crippen LogP contribution in [0.4, 0.5) is 0 Å². The number of hydrogen-bond donors (Lipinski definition) is 3. The largest absolute Gasteiger partial charge is 0.497 e. The molecule has 3 N–H and O–H groups in total. The minimum Gasteiger partial charge on any atom is -0.497 e. The monoisotopic (exact) mass is 559 g/mol. The number of guanidine groups is 1. The van der Waals surface area contributed by atoms with Crippen LogP contribution in [0.2, 0.25) is 0 Å². The molecule has 2 heterocycles. The minimum absolute atomic E-state index is 0. The normalized spacial score (nSPS) is 16.0. The molecule has 1 saturated heterocycles. The average Bonchev–Trinajstić information content (AvgIpc) is 3.21. The van der Waals surface area contributed by atoms with E-state index in [0.717, 1.165) is 80.3 Å². The van der Waals surface area contributed by atoms with Crippen molar-refractivity contribution in [3.8, 4) is 11.5 Å². The van der Waals surface area contributed by atoms with Gasteiger partial charge in [-0.15, -0.1) is 24.0 Å². The summed E-state index contributed by atoms with van der Waals surface area (Å²) in [6, 6.07) is 6.07. The number of aromatic nitrogens is 1. The highest BCUT2D eigenvalue weighted by Crippen LogP contribution is 2.31. The molecule has 1 aliphatic rings. The number of methoxy groups -OCH3 is 2. The molecular formula is C23H38IN5O3. The zero-order valence-electron chi connectivity index (χ0n) is 19.9. The third kappa shape index (κ3) is 6.41. The summed E-state index contributed by atoms with van der Waals surface area (Å²) in [5.41, 5.74) is 2.32. The first kappa shape index (κ1) is 26.5. The maximum Gasteiger partial charge on any atom is 0.191 e. The highest BCUT2D eigenvalue weighted by Gasteiger charge is 2.34. The van der Waals surface area contributed by atoms with E-state index in [1.54, 1.807) is 14.2 Å². The Bertz CT molecular complexity index is 878. The Kier molecular flexibility index (Phi) is 10.4. The van der Waals surface area contributed by atoms with Crippen molar-refractivity contribution in [2.45, 2.75) is 31.2 Å². The highest BCUT2D eigenvalue weighted by molar-refractivity contribution is 14.0. The van der Waals surface area contributed by atoms with Gasteiger partial charge in [0.2, 0.25) is 0 Å². The first-order valence-electron chi connectivity index (χ1n) is 10.9. The van der Waals surface area contributed by atoms with Crippen molar-refractivity contribution in [2.24, 2.45) is 4.99 Å². The lowest BCUT2D eigenvalue weighted by atomic mass is 9.88. The Morgan fingerprint density at radius 2 is 1.91 bits per heavy atom. The lowest BCUT2D eigenvalue weighted by Crippen LogP contribution is -2.57. The van der Waals surface area contributed by atoms with Crippen molar-refractivity contribution in [1.82, 2.24) is 20.5 Å². The van der Waals surface area contributed by atoms with Crippen LogP contribution in [0.3, 0.4) is 0 Å². The molecule has 9 heteroatoms. The molecule has 2 aromatic rings. The summed E-state index contributed by atoms with van der Waals surface area (Å²) < 4.78 is 16.4. The van der Waals surface area contributed by atoms with E-state index in [2.05, 4.69) is 45.7 Å². The molecule has 0 aliphatic carbocycles. The number of rotatable bonds is 9. The van der Waals surface area contributed by atoms with E-state index in [4.69, 9.17) is 14.2 Å². The Balaban J connectivity index is 0.00000363. The first-order chi connectivity index (χ1) is 15.0. The van der Waals surface area contributed by atoms with E-state index in [0.29, 0.717) is 0 Å². The van der Waals surface area contributed by atoms with Crippen molar-refractivity contribution >= 4 is 40.8 Å². The van der Waals surface area contributed by atoms with Gasteiger partial charge in [-0.3, -0.25) is 4.99 Å². The predicted octanol–water partition coefficient (Wildman–Crippen LogP) is 3.01. The van der Waals surface area contributed by atoms with Crippen LogP contribution in [0.25, 0.3) is 10.9 Å². The van der Waals surface area contributed by atoms with Gasteiger partial charge in [-0.2, -0.15) is 0 Å². The average molecular weight is 559 g/mol. The number of benzene rings is 1. The van der Waals surface area contributed by atoms with Gasteiger partial charge in [0.15, 0.2) is 5.96 Å². The summed E-state index contributed by atoms with van der Waals surface area (Å²) in [6.07, 6.45) is 3.97. The van der Waals surface area contributed by atoms with Gasteiger partial charge in [0, 0.05) is 62.1 Å². The van der Waals surface area contributed by atoms with E-state index in [1.165, 1.54) is 5.69 Å². The van der Waals surface area contributed by atoms with Gasteiger partial charge in [-0.05, 0) is 45.8 Å². The Hall–Kier alpha value is -1.72. The lowest BCUT2D eigenvalue weighted by molar-refractivity contribution is -0.00501. The second-order valence-electron chi connectivity index (χ2n) is 8.27. The molecule has 1 aromatic heterocycles.